The first-order valence-electron chi connectivity index (χ1n) is 6.88. The third-order valence-electron chi connectivity index (χ3n) is 4.08. The quantitative estimate of drug-likeness (QED) is 0.616. The molecular weight excluding hydrogens is 276 g/mol. The minimum Gasteiger partial charge on any atom is -0.211 e. The van der Waals surface area contributed by atoms with Gasteiger partial charge in [-0.05, 0) is 61.6 Å². The van der Waals surface area contributed by atoms with E-state index in [1.165, 1.54) is 0 Å². The van der Waals surface area contributed by atoms with Gasteiger partial charge in [0.05, 0.1) is 11.4 Å². The lowest BCUT2D eigenvalue weighted by Gasteiger charge is -2.18. The van der Waals surface area contributed by atoms with E-state index in [9.17, 15) is 9.59 Å². The first-order valence-corrected chi connectivity index (χ1v) is 6.88. The van der Waals surface area contributed by atoms with Crippen molar-refractivity contribution in [3.8, 4) is 11.1 Å². The molecule has 0 atom stereocenters. The SMILES string of the molecule is Cc1c(C)c(-c2ccccc2N=C=O)c(C)c(C)c1N=C=O. The Labute approximate surface area is 129 Å². The maximum absolute atomic E-state index is 10.7. The van der Waals surface area contributed by atoms with Crippen molar-refractivity contribution in [3.63, 3.8) is 0 Å². The number of benzene rings is 2. The Kier molecular flexibility index (Phi) is 4.47. The van der Waals surface area contributed by atoms with Crippen LogP contribution in [0, 0.1) is 27.7 Å². The van der Waals surface area contributed by atoms with Gasteiger partial charge in [0.25, 0.3) is 0 Å². The lowest BCUT2D eigenvalue weighted by Crippen LogP contribution is -1.97. The van der Waals surface area contributed by atoms with Crippen molar-refractivity contribution >= 4 is 23.5 Å². The summed E-state index contributed by atoms with van der Waals surface area (Å²) in [6.45, 7) is 7.80. The molecule has 4 nitrogen and oxygen atoms in total. The minimum absolute atomic E-state index is 0.578. The van der Waals surface area contributed by atoms with Gasteiger partial charge < -0.3 is 0 Å². The molecule has 4 heteroatoms. The van der Waals surface area contributed by atoms with Crippen LogP contribution in [0.3, 0.4) is 0 Å². The maximum Gasteiger partial charge on any atom is 0.240 e. The van der Waals surface area contributed by atoms with E-state index in [1.54, 1.807) is 18.2 Å². The molecule has 0 aliphatic rings. The number of carbonyl (C=O) groups excluding carboxylic acids is 2. The van der Waals surface area contributed by atoms with Gasteiger partial charge >= 0.3 is 0 Å². The van der Waals surface area contributed by atoms with Crippen LogP contribution in [0.2, 0.25) is 0 Å². The molecule has 0 aliphatic carbocycles. The van der Waals surface area contributed by atoms with E-state index >= 15 is 0 Å². The predicted molar refractivity (Wildman–Crippen MR) is 86.4 cm³/mol. The summed E-state index contributed by atoms with van der Waals surface area (Å²) in [5, 5.41) is 0. The van der Waals surface area contributed by atoms with Crippen LogP contribution in [0.4, 0.5) is 11.4 Å². The van der Waals surface area contributed by atoms with Crippen molar-refractivity contribution in [2.24, 2.45) is 9.98 Å². The maximum atomic E-state index is 10.7. The first kappa shape index (κ1) is 15.6. The van der Waals surface area contributed by atoms with Crippen LogP contribution < -0.4 is 0 Å². The van der Waals surface area contributed by atoms with E-state index in [0.717, 1.165) is 33.4 Å². The normalized spacial score (nSPS) is 9.82. The second kappa shape index (κ2) is 6.31. The third-order valence-corrected chi connectivity index (χ3v) is 4.08. The van der Waals surface area contributed by atoms with E-state index in [0.29, 0.717) is 11.4 Å². The van der Waals surface area contributed by atoms with Crippen molar-refractivity contribution < 1.29 is 9.59 Å². The molecule has 0 spiro atoms. The number of hydrogen-bond acceptors (Lipinski definition) is 4. The minimum atomic E-state index is 0.578. The molecule has 2 aromatic rings. The number of nitrogens with zero attached hydrogens (tertiary/aromatic N) is 2. The largest absolute Gasteiger partial charge is 0.240 e. The van der Waals surface area contributed by atoms with Gasteiger partial charge in [-0.2, -0.15) is 9.98 Å². The highest BCUT2D eigenvalue weighted by atomic mass is 16.1. The van der Waals surface area contributed by atoms with Gasteiger partial charge in [-0.15, -0.1) is 0 Å². The topological polar surface area (TPSA) is 58.9 Å². The first-order chi connectivity index (χ1) is 10.5. The van der Waals surface area contributed by atoms with Crippen LogP contribution in [-0.4, -0.2) is 12.2 Å². The van der Waals surface area contributed by atoms with E-state index in [-0.39, 0.29) is 0 Å². The molecule has 2 rings (SSSR count). The molecule has 0 unspecified atom stereocenters. The molecule has 0 heterocycles. The highest BCUT2D eigenvalue weighted by Crippen LogP contribution is 2.41. The van der Waals surface area contributed by atoms with Crippen molar-refractivity contribution in [2.75, 3.05) is 0 Å². The number of isocyanates is 2. The Hall–Kier alpha value is -2.80. The van der Waals surface area contributed by atoms with Gasteiger partial charge in [0.15, 0.2) is 0 Å². The van der Waals surface area contributed by atoms with E-state index in [1.807, 2.05) is 45.9 Å². The van der Waals surface area contributed by atoms with Crippen molar-refractivity contribution in [1.29, 1.82) is 0 Å². The molecule has 0 radical (unpaired) electrons. The van der Waals surface area contributed by atoms with Crippen molar-refractivity contribution in [2.45, 2.75) is 27.7 Å². The molecule has 0 fully saturated rings. The summed E-state index contributed by atoms with van der Waals surface area (Å²) < 4.78 is 0. The second-order valence-corrected chi connectivity index (χ2v) is 5.15. The fraction of sp³-hybridized carbons (Fsp3) is 0.222. The molecule has 0 aromatic heterocycles. The van der Waals surface area contributed by atoms with Crippen LogP contribution >= 0.6 is 0 Å². The monoisotopic (exact) mass is 292 g/mol. The number of para-hydroxylation sites is 1. The molecule has 2 aromatic carbocycles. The summed E-state index contributed by atoms with van der Waals surface area (Å²) in [7, 11) is 0. The fourth-order valence-corrected chi connectivity index (χ4v) is 2.74. The zero-order valence-electron chi connectivity index (χ0n) is 13.0. The number of hydrogen-bond donors (Lipinski definition) is 0. The molecule has 0 saturated carbocycles. The number of aliphatic imine (C=N–C) groups is 2. The Morgan fingerprint density at radius 2 is 1.32 bits per heavy atom. The summed E-state index contributed by atoms with van der Waals surface area (Å²) >= 11 is 0. The molecule has 0 amide bonds. The highest BCUT2D eigenvalue weighted by molar-refractivity contribution is 5.85. The lowest BCUT2D eigenvalue weighted by atomic mass is 9.87. The van der Waals surface area contributed by atoms with Crippen molar-refractivity contribution in [3.05, 3.63) is 46.5 Å². The second-order valence-electron chi connectivity index (χ2n) is 5.15. The standard InChI is InChI=1S/C18H16N2O2/c1-11-13(3)18(20-10-22)14(4)12(2)17(11)15-7-5-6-8-16(15)19-9-21/h5-8H,1-4H3. The highest BCUT2D eigenvalue weighted by Gasteiger charge is 2.17. The summed E-state index contributed by atoms with van der Waals surface area (Å²) in [4.78, 5) is 28.9. The summed E-state index contributed by atoms with van der Waals surface area (Å²) in [6, 6.07) is 7.43. The smallest absolute Gasteiger partial charge is 0.211 e. The molecular formula is C18H16N2O2. The van der Waals surface area contributed by atoms with Crippen molar-refractivity contribution in [1.82, 2.24) is 0 Å². The van der Waals surface area contributed by atoms with Gasteiger partial charge in [-0.1, -0.05) is 18.2 Å². The molecule has 0 bridgehead atoms. The van der Waals surface area contributed by atoms with Crippen LogP contribution in [0.15, 0.2) is 34.3 Å². The lowest BCUT2D eigenvalue weighted by molar-refractivity contribution is 0.564. The van der Waals surface area contributed by atoms with Crippen LogP contribution in [0.1, 0.15) is 22.3 Å². The fourth-order valence-electron chi connectivity index (χ4n) is 2.74. The van der Waals surface area contributed by atoms with E-state index in [2.05, 4.69) is 9.98 Å². The number of rotatable bonds is 3. The Morgan fingerprint density at radius 1 is 0.773 bits per heavy atom. The zero-order valence-corrected chi connectivity index (χ0v) is 13.0. The van der Waals surface area contributed by atoms with Crippen LogP contribution in [-0.2, 0) is 9.59 Å². The molecule has 22 heavy (non-hydrogen) atoms. The summed E-state index contributed by atoms with van der Waals surface area (Å²) in [5.74, 6) is 0. The molecule has 0 N–H and O–H groups in total. The van der Waals surface area contributed by atoms with E-state index in [4.69, 9.17) is 0 Å². The third kappa shape index (κ3) is 2.53. The van der Waals surface area contributed by atoms with Crippen LogP contribution in [0.25, 0.3) is 11.1 Å². The van der Waals surface area contributed by atoms with E-state index < -0.39 is 0 Å². The molecule has 0 aliphatic heterocycles. The Bertz CT molecular complexity index is 811. The zero-order chi connectivity index (χ0) is 16.3. The Morgan fingerprint density at radius 3 is 1.86 bits per heavy atom. The van der Waals surface area contributed by atoms with Gasteiger partial charge in [0, 0.05) is 5.56 Å². The predicted octanol–water partition coefficient (Wildman–Crippen LogP) is 4.52. The molecule has 110 valence electrons. The van der Waals surface area contributed by atoms with Gasteiger partial charge in [0.2, 0.25) is 12.2 Å². The van der Waals surface area contributed by atoms with Crippen LogP contribution in [0.5, 0.6) is 0 Å². The van der Waals surface area contributed by atoms with Gasteiger partial charge in [0.1, 0.15) is 0 Å². The van der Waals surface area contributed by atoms with Gasteiger partial charge in [-0.25, -0.2) is 9.59 Å². The average Bonchev–Trinajstić information content (AvgIpc) is 2.52. The summed E-state index contributed by atoms with van der Waals surface area (Å²) in [5.41, 5.74) is 6.97. The molecule has 0 saturated heterocycles. The summed E-state index contributed by atoms with van der Waals surface area (Å²) in [6.07, 6.45) is 3.22. The van der Waals surface area contributed by atoms with Gasteiger partial charge in [-0.3, -0.25) is 0 Å². The Balaban J connectivity index is 2.89. The average molecular weight is 292 g/mol.